The lowest BCUT2D eigenvalue weighted by atomic mass is 10.1. The predicted octanol–water partition coefficient (Wildman–Crippen LogP) is 3.93. The van der Waals surface area contributed by atoms with E-state index in [4.69, 9.17) is 0 Å². The van der Waals surface area contributed by atoms with Gasteiger partial charge in [-0.1, -0.05) is 25.5 Å². The van der Waals surface area contributed by atoms with Crippen molar-refractivity contribution in [1.29, 1.82) is 0 Å². The molecule has 2 aromatic carbocycles. The van der Waals surface area contributed by atoms with Crippen molar-refractivity contribution in [3.63, 3.8) is 0 Å². The first-order chi connectivity index (χ1) is 13.5. The number of nitrogens with one attached hydrogen (secondary N) is 1. The van der Waals surface area contributed by atoms with Crippen molar-refractivity contribution < 1.29 is 14.5 Å². The molecule has 7 heteroatoms. The van der Waals surface area contributed by atoms with Gasteiger partial charge in [0.1, 0.15) is 0 Å². The summed E-state index contributed by atoms with van der Waals surface area (Å²) in [5, 5.41) is 13.4. The van der Waals surface area contributed by atoms with Crippen LogP contribution in [0.1, 0.15) is 31.7 Å². The van der Waals surface area contributed by atoms with E-state index >= 15 is 0 Å². The Morgan fingerprint density at radius 3 is 2.46 bits per heavy atom. The van der Waals surface area contributed by atoms with Crippen LogP contribution >= 0.6 is 0 Å². The predicted molar refractivity (Wildman–Crippen MR) is 107 cm³/mol. The number of anilines is 2. The highest BCUT2D eigenvalue weighted by molar-refractivity contribution is 6.03. The average molecular weight is 381 g/mol. The lowest BCUT2D eigenvalue weighted by molar-refractivity contribution is -0.384. The third-order valence-electron chi connectivity index (χ3n) is 4.91. The summed E-state index contributed by atoms with van der Waals surface area (Å²) in [6.45, 7) is 2.48. The number of hydrogen-bond donors (Lipinski definition) is 1. The number of non-ortho nitro benzene ring substituents is 1. The van der Waals surface area contributed by atoms with Gasteiger partial charge < -0.3 is 10.2 Å². The highest BCUT2D eigenvalue weighted by Crippen LogP contribution is 2.27. The first kappa shape index (κ1) is 19.5. The Labute approximate surface area is 163 Å². The zero-order valence-corrected chi connectivity index (χ0v) is 15.8. The van der Waals surface area contributed by atoms with Crippen molar-refractivity contribution in [1.82, 2.24) is 0 Å². The zero-order chi connectivity index (χ0) is 20.1. The highest BCUT2D eigenvalue weighted by Gasteiger charge is 2.35. The number of nitro groups is 1. The molecule has 0 radical (unpaired) electrons. The molecule has 0 spiro atoms. The molecule has 1 heterocycles. The van der Waals surface area contributed by atoms with Gasteiger partial charge in [0.05, 0.1) is 10.8 Å². The Morgan fingerprint density at radius 2 is 1.86 bits per heavy atom. The maximum atomic E-state index is 12.5. The van der Waals surface area contributed by atoms with Crippen LogP contribution in [0, 0.1) is 16.0 Å². The third kappa shape index (κ3) is 4.54. The van der Waals surface area contributed by atoms with Gasteiger partial charge in [-0.3, -0.25) is 19.7 Å². The van der Waals surface area contributed by atoms with Gasteiger partial charge in [-0.05, 0) is 42.7 Å². The van der Waals surface area contributed by atoms with Crippen molar-refractivity contribution in [2.24, 2.45) is 5.92 Å². The van der Waals surface area contributed by atoms with E-state index in [2.05, 4.69) is 12.2 Å². The minimum absolute atomic E-state index is 0.0393. The molecule has 7 nitrogen and oxygen atoms in total. The molecule has 2 aromatic rings. The molecular formula is C21H23N3O4. The Morgan fingerprint density at radius 1 is 1.18 bits per heavy atom. The first-order valence-corrected chi connectivity index (χ1v) is 9.42. The summed E-state index contributed by atoms with van der Waals surface area (Å²) < 4.78 is 0. The molecule has 1 saturated heterocycles. The van der Waals surface area contributed by atoms with Gasteiger partial charge in [0.15, 0.2) is 0 Å². The second-order valence-corrected chi connectivity index (χ2v) is 6.97. The van der Waals surface area contributed by atoms with Gasteiger partial charge in [-0.25, -0.2) is 0 Å². The van der Waals surface area contributed by atoms with Crippen molar-refractivity contribution in [3.8, 4) is 0 Å². The molecule has 3 rings (SSSR count). The number of hydrogen-bond acceptors (Lipinski definition) is 4. The van der Waals surface area contributed by atoms with Crippen LogP contribution in [0.15, 0.2) is 48.5 Å². The number of nitrogens with zero attached hydrogens (tertiary/aromatic N) is 2. The van der Waals surface area contributed by atoms with Crippen LogP contribution in [0.2, 0.25) is 0 Å². The van der Waals surface area contributed by atoms with Crippen LogP contribution in [0.4, 0.5) is 17.1 Å². The number of carbonyl (C=O) groups is 2. The number of carbonyl (C=O) groups excluding carboxylic acids is 2. The maximum Gasteiger partial charge on any atom is 0.269 e. The number of rotatable bonds is 7. The second kappa shape index (κ2) is 8.65. The standard InChI is InChI=1S/C21H23N3O4/c1-2-3-4-15-5-9-18(10-6-15)23-14-16(13-20(23)25)21(26)22-17-7-11-19(12-8-17)24(27)28/h5-12,16H,2-4,13-14H2,1H3,(H,22,26). The summed E-state index contributed by atoms with van der Waals surface area (Å²) in [4.78, 5) is 36.7. The van der Waals surface area contributed by atoms with E-state index in [-0.39, 0.29) is 23.9 Å². The fourth-order valence-corrected chi connectivity index (χ4v) is 3.27. The fraction of sp³-hybridized carbons (Fsp3) is 0.333. The SMILES string of the molecule is CCCCc1ccc(N2CC(C(=O)Nc3ccc([N+](=O)[O-])cc3)CC2=O)cc1. The Hall–Kier alpha value is -3.22. The molecule has 1 atom stereocenters. The topological polar surface area (TPSA) is 92.6 Å². The van der Waals surface area contributed by atoms with Crippen LogP contribution in [0.5, 0.6) is 0 Å². The molecule has 0 aliphatic carbocycles. The number of aryl methyl sites for hydroxylation is 1. The van der Waals surface area contributed by atoms with Crippen LogP contribution in [-0.2, 0) is 16.0 Å². The Balaban J connectivity index is 1.61. The quantitative estimate of drug-likeness (QED) is 0.581. The van der Waals surface area contributed by atoms with Crippen LogP contribution in [-0.4, -0.2) is 23.3 Å². The number of nitro benzene ring substituents is 1. The lowest BCUT2D eigenvalue weighted by Gasteiger charge is -2.17. The van der Waals surface area contributed by atoms with E-state index in [0.29, 0.717) is 12.2 Å². The second-order valence-electron chi connectivity index (χ2n) is 6.97. The molecule has 1 aliphatic rings. The number of amides is 2. The largest absolute Gasteiger partial charge is 0.326 e. The van der Waals surface area contributed by atoms with Crippen molar-refractivity contribution in [3.05, 3.63) is 64.2 Å². The highest BCUT2D eigenvalue weighted by atomic mass is 16.6. The minimum Gasteiger partial charge on any atom is -0.326 e. The summed E-state index contributed by atoms with van der Waals surface area (Å²) in [7, 11) is 0. The van der Waals surface area contributed by atoms with Crippen LogP contribution < -0.4 is 10.2 Å². The Kier molecular flexibility index (Phi) is 6.03. The van der Waals surface area contributed by atoms with Crippen molar-refractivity contribution in [2.75, 3.05) is 16.8 Å². The van der Waals surface area contributed by atoms with E-state index in [9.17, 15) is 19.7 Å². The summed E-state index contributed by atoms with van der Waals surface area (Å²) >= 11 is 0. The normalized spacial score (nSPS) is 16.2. The summed E-state index contributed by atoms with van der Waals surface area (Å²) in [6.07, 6.45) is 3.44. The van der Waals surface area contributed by atoms with Gasteiger partial charge in [0.25, 0.3) is 5.69 Å². The first-order valence-electron chi connectivity index (χ1n) is 9.42. The van der Waals surface area contributed by atoms with Gasteiger partial charge in [-0.15, -0.1) is 0 Å². The van der Waals surface area contributed by atoms with Crippen LogP contribution in [0.25, 0.3) is 0 Å². The molecule has 1 aliphatic heterocycles. The lowest BCUT2D eigenvalue weighted by Crippen LogP contribution is -2.28. The molecule has 1 fully saturated rings. The molecule has 146 valence electrons. The molecule has 0 bridgehead atoms. The number of unbranched alkanes of at least 4 members (excludes halogenated alkanes) is 1. The van der Waals surface area contributed by atoms with Crippen LogP contribution in [0.3, 0.4) is 0 Å². The molecular weight excluding hydrogens is 358 g/mol. The molecule has 28 heavy (non-hydrogen) atoms. The van der Waals surface area contributed by atoms with Gasteiger partial charge >= 0.3 is 0 Å². The Bertz CT molecular complexity index is 862. The van der Waals surface area contributed by atoms with E-state index in [1.165, 1.54) is 29.8 Å². The average Bonchev–Trinajstić information content (AvgIpc) is 3.09. The van der Waals surface area contributed by atoms with Crippen molar-refractivity contribution >= 4 is 28.9 Å². The maximum absolute atomic E-state index is 12.5. The van der Waals surface area contributed by atoms with Crippen molar-refractivity contribution in [2.45, 2.75) is 32.6 Å². The molecule has 0 aromatic heterocycles. The molecule has 1 N–H and O–H groups in total. The monoisotopic (exact) mass is 381 g/mol. The minimum atomic E-state index is -0.493. The van der Waals surface area contributed by atoms with Gasteiger partial charge in [-0.2, -0.15) is 0 Å². The zero-order valence-electron chi connectivity index (χ0n) is 15.8. The summed E-state index contributed by atoms with van der Waals surface area (Å²) in [6, 6.07) is 13.6. The van der Waals surface area contributed by atoms with E-state index in [1.807, 2.05) is 24.3 Å². The number of benzene rings is 2. The smallest absolute Gasteiger partial charge is 0.269 e. The van der Waals surface area contributed by atoms with E-state index < -0.39 is 10.8 Å². The van der Waals surface area contributed by atoms with E-state index in [1.54, 1.807) is 4.90 Å². The van der Waals surface area contributed by atoms with E-state index in [0.717, 1.165) is 24.9 Å². The molecule has 2 amide bonds. The molecule has 0 saturated carbocycles. The van der Waals surface area contributed by atoms with Gasteiger partial charge in [0, 0.05) is 36.5 Å². The third-order valence-corrected chi connectivity index (χ3v) is 4.91. The fourth-order valence-electron chi connectivity index (χ4n) is 3.27. The molecule has 1 unspecified atom stereocenters. The van der Waals surface area contributed by atoms with Gasteiger partial charge in [0.2, 0.25) is 11.8 Å². The summed E-state index contributed by atoms with van der Waals surface area (Å²) in [5.41, 5.74) is 2.48. The summed E-state index contributed by atoms with van der Waals surface area (Å²) in [5.74, 6) is -0.795.